The summed E-state index contributed by atoms with van der Waals surface area (Å²) in [4.78, 5) is 30.8. The fraction of sp³-hybridized carbons (Fsp3) is 0.600. The van der Waals surface area contributed by atoms with Crippen LogP contribution >= 0.6 is 23.1 Å². The topological polar surface area (TPSA) is 117 Å². The van der Waals surface area contributed by atoms with Gasteiger partial charge in [-0.15, -0.1) is 11.8 Å². The van der Waals surface area contributed by atoms with E-state index in [1.54, 1.807) is 29.6 Å². The van der Waals surface area contributed by atoms with Crippen LogP contribution in [0, 0.1) is 0 Å². The number of hydrogen-bond donors (Lipinski definition) is 3. The summed E-state index contributed by atoms with van der Waals surface area (Å²) in [7, 11) is 1.43. The van der Waals surface area contributed by atoms with Crippen molar-refractivity contribution in [1.29, 1.82) is 0 Å². The standard InChI is InChI=1S/C19H27N3O3S2.CH5NO/c1-19(2,3)14-11-20-16(25-14)13-26-17-12-21-18(27-17)22-15(24)9-7-5-4-6-8-10-23;1-2-3/h10-12H,4-9,13H2,1-3H3,(H,21,22,24);2-3H,1H3. The summed E-state index contributed by atoms with van der Waals surface area (Å²) in [5, 5.41) is 10.8. The van der Waals surface area contributed by atoms with Gasteiger partial charge in [0.15, 0.2) is 5.13 Å². The van der Waals surface area contributed by atoms with Crippen molar-refractivity contribution in [3.63, 3.8) is 0 Å². The Kier molecular flexibility index (Phi) is 12.5. The van der Waals surface area contributed by atoms with E-state index in [1.165, 1.54) is 18.4 Å². The number of thiazole rings is 1. The third-order valence-electron chi connectivity index (χ3n) is 3.84. The molecule has 0 saturated carbocycles. The van der Waals surface area contributed by atoms with Gasteiger partial charge in [0.05, 0.1) is 22.4 Å². The largest absolute Gasteiger partial charge is 0.444 e. The first-order chi connectivity index (χ1) is 14.3. The Bertz CT molecular complexity index is 756. The molecular formula is C20H32N4O4S2. The average Bonchev–Trinajstić information content (AvgIpc) is 3.33. The summed E-state index contributed by atoms with van der Waals surface area (Å²) in [6, 6.07) is 0. The number of aldehydes is 1. The van der Waals surface area contributed by atoms with Crippen molar-refractivity contribution in [1.82, 2.24) is 15.4 Å². The molecule has 0 bridgehead atoms. The second-order valence-electron chi connectivity index (χ2n) is 7.53. The smallest absolute Gasteiger partial charge is 0.226 e. The molecule has 0 aliphatic heterocycles. The molecule has 0 radical (unpaired) electrons. The fourth-order valence-electron chi connectivity index (χ4n) is 2.29. The summed E-state index contributed by atoms with van der Waals surface area (Å²) in [5.74, 6) is 2.19. The van der Waals surface area contributed by atoms with Gasteiger partial charge in [-0.25, -0.2) is 15.4 Å². The molecule has 0 saturated heterocycles. The second kappa shape index (κ2) is 14.3. The van der Waals surface area contributed by atoms with Crippen molar-refractivity contribution in [3.05, 3.63) is 24.0 Å². The number of rotatable bonds is 11. The zero-order valence-electron chi connectivity index (χ0n) is 18.1. The molecule has 2 aromatic heterocycles. The highest BCUT2D eigenvalue weighted by Gasteiger charge is 2.19. The molecule has 8 nitrogen and oxygen atoms in total. The fourth-order valence-corrected chi connectivity index (χ4v) is 4.03. The molecular weight excluding hydrogens is 424 g/mol. The maximum atomic E-state index is 12.0. The van der Waals surface area contributed by atoms with E-state index < -0.39 is 0 Å². The van der Waals surface area contributed by atoms with Crippen molar-refractivity contribution >= 4 is 40.4 Å². The van der Waals surface area contributed by atoms with E-state index in [0.717, 1.165) is 41.9 Å². The lowest BCUT2D eigenvalue weighted by Gasteiger charge is -2.12. The monoisotopic (exact) mass is 456 g/mol. The molecule has 2 aromatic rings. The molecule has 0 atom stereocenters. The van der Waals surface area contributed by atoms with Gasteiger partial charge >= 0.3 is 0 Å². The molecule has 3 N–H and O–H groups in total. The van der Waals surface area contributed by atoms with Crippen LogP contribution in [0.4, 0.5) is 5.13 Å². The predicted octanol–water partition coefficient (Wildman–Crippen LogP) is 4.79. The number of amides is 1. The van der Waals surface area contributed by atoms with Crippen LogP contribution in [0.3, 0.4) is 0 Å². The number of carbonyl (C=O) groups excluding carboxylic acids is 2. The van der Waals surface area contributed by atoms with E-state index in [-0.39, 0.29) is 11.3 Å². The van der Waals surface area contributed by atoms with Crippen LogP contribution in [0.2, 0.25) is 0 Å². The highest BCUT2D eigenvalue weighted by Crippen LogP contribution is 2.31. The van der Waals surface area contributed by atoms with Crippen LogP contribution < -0.4 is 10.8 Å². The Morgan fingerprint density at radius 1 is 1.23 bits per heavy atom. The molecule has 10 heteroatoms. The van der Waals surface area contributed by atoms with Crippen molar-refractivity contribution in [2.45, 2.75) is 74.7 Å². The molecule has 1 amide bonds. The van der Waals surface area contributed by atoms with E-state index in [1.807, 2.05) is 0 Å². The quantitative estimate of drug-likeness (QED) is 0.191. The first-order valence-corrected chi connectivity index (χ1v) is 11.7. The van der Waals surface area contributed by atoms with E-state index in [4.69, 9.17) is 9.62 Å². The van der Waals surface area contributed by atoms with E-state index in [0.29, 0.717) is 29.6 Å². The molecule has 0 unspecified atom stereocenters. The van der Waals surface area contributed by atoms with Gasteiger partial charge in [0.1, 0.15) is 12.0 Å². The third-order valence-corrected chi connectivity index (χ3v) is 5.93. The minimum atomic E-state index is -0.0493. The molecule has 30 heavy (non-hydrogen) atoms. The number of oxazole rings is 1. The molecule has 0 fully saturated rings. The number of anilines is 1. The molecule has 0 aliphatic rings. The molecule has 2 heterocycles. The summed E-state index contributed by atoms with van der Waals surface area (Å²) in [6.45, 7) is 6.27. The van der Waals surface area contributed by atoms with Crippen LogP contribution in [0.15, 0.2) is 21.0 Å². The minimum Gasteiger partial charge on any atom is -0.444 e. The maximum absolute atomic E-state index is 12.0. The predicted molar refractivity (Wildman–Crippen MR) is 120 cm³/mol. The first kappa shape index (κ1) is 26.3. The third kappa shape index (κ3) is 10.9. The Morgan fingerprint density at radius 2 is 1.93 bits per heavy atom. The van der Waals surface area contributed by atoms with Gasteiger partial charge in [-0.05, 0) is 12.8 Å². The van der Waals surface area contributed by atoms with Crippen molar-refractivity contribution in [3.8, 4) is 0 Å². The highest BCUT2D eigenvalue weighted by atomic mass is 32.2. The lowest BCUT2D eigenvalue weighted by molar-refractivity contribution is -0.116. The first-order valence-electron chi connectivity index (χ1n) is 9.88. The van der Waals surface area contributed by atoms with Crippen LogP contribution in [0.5, 0.6) is 0 Å². The van der Waals surface area contributed by atoms with Crippen molar-refractivity contribution in [2.75, 3.05) is 12.4 Å². The summed E-state index contributed by atoms with van der Waals surface area (Å²) in [5.41, 5.74) is 1.70. The number of hydrogen-bond acceptors (Lipinski definition) is 9. The lowest BCUT2D eigenvalue weighted by atomic mass is 9.94. The minimum absolute atomic E-state index is 0.0150. The van der Waals surface area contributed by atoms with Crippen molar-refractivity contribution in [2.24, 2.45) is 0 Å². The van der Waals surface area contributed by atoms with Gasteiger partial charge in [0, 0.05) is 25.3 Å². The zero-order valence-corrected chi connectivity index (χ0v) is 19.7. The molecule has 2 rings (SSSR count). The van der Waals surface area contributed by atoms with Gasteiger partial charge in [-0.3, -0.25) is 4.79 Å². The van der Waals surface area contributed by atoms with E-state index in [2.05, 4.69) is 36.1 Å². The van der Waals surface area contributed by atoms with Crippen LogP contribution in [0.25, 0.3) is 0 Å². The Hall–Kier alpha value is -1.75. The zero-order chi connectivity index (χ0) is 22.4. The van der Waals surface area contributed by atoms with Gasteiger partial charge in [0.25, 0.3) is 0 Å². The van der Waals surface area contributed by atoms with Crippen LogP contribution in [-0.4, -0.2) is 34.4 Å². The number of aromatic nitrogens is 2. The van der Waals surface area contributed by atoms with E-state index in [9.17, 15) is 9.59 Å². The number of nitrogens with zero attached hydrogens (tertiary/aromatic N) is 2. The SMILES string of the molecule is CC(C)(C)c1cnc(CSc2cnc(NC(=O)CCCCCCC=O)s2)o1.CNO. The Balaban J connectivity index is 0.00000141. The molecule has 0 aliphatic carbocycles. The van der Waals surface area contributed by atoms with Crippen LogP contribution in [-0.2, 0) is 20.8 Å². The average molecular weight is 457 g/mol. The Labute approximate surface area is 186 Å². The summed E-state index contributed by atoms with van der Waals surface area (Å²) in [6.07, 6.45) is 9.26. The lowest BCUT2D eigenvalue weighted by Crippen LogP contribution is -2.10. The van der Waals surface area contributed by atoms with Crippen LogP contribution in [0.1, 0.15) is 70.9 Å². The molecule has 0 spiro atoms. The maximum Gasteiger partial charge on any atom is 0.226 e. The van der Waals surface area contributed by atoms with Gasteiger partial charge in [-0.2, -0.15) is 0 Å². The summed E-state index contributed by atoms with van der Waals surface area (Å²) >= 11 is 3.05. The number of thioether (sulfide) groups is 1. The highest BCUT2D eigenvalue weighted by molar-refractivity contribution is 8.00. The van der Waals surface area contributed by atoms with Crippen molar-refractivity contribution < 1.29 is 19.2 Å². The number of nitrogens with one attached hydrogen (secondary N) is 2. The number of hydroxylamine groups is 1. The second-order valence-corrected chi connectivity index (χ2v) is 9.84. The van der Waals surface area contributed by atoms with Gasteiger partial charge in [-0.1, -0.05) is 44.9 Å². The Morgan fingerprint density at radius 3 is 2.57 bits per heavy atom. The molecule has 168 valence electrons. The normalized spacial score (nSPS) is 11.0. The van der Waals surface area contributed by atoms with E-state index >= 15 is 0 Å². The molecule has 0 aromatic carbocycles. The van der Waals surface area contributed by atoms with Gasteiger partial charge in [0.2, 0.25) is 11.8 Å². The van der Waals surface area contributed by atoms with Gasteiger partial charge < -0.3 is 19.7 Å². The number of unbranched alkanes of at least 4 members (excludes halogenated alkanes) is 4. The summed E-state index contributed by atoms with van der Waals surface area (Å²) < 4.78 is 6.79. The number of carbonyl (C=O) groups is 2.